The average Bonchev–Trinajstić information content (AvgIpc) is 2.76. The molecule has 0 amide bonds. The van der Waals surface area contributed by atoms with Crippen molar-refractivity contribution in [3.8, 4) is 0 Å². The van der Waals surface area contributed by atoms with E-state index in [-0.39, 0.29) is 5.54 Å². The van der Waals surface area contributed by atoms with E-state index in [0.717, 1.165) is 12.6 Å². The highest BCUT2D eigenvalue weighted by atomic mass is 28.3. The van der Waals surface area contributed by atoms with Gasteiger partial charge in [-0.05, 0) is 40.3 Å². The third-order valence-electron chi connectivity index (χ3n) is 3.67. The van der Waals surface area contributed by atoms with Crippen LogP contribution in [0.1, 0.15) is 34.1 Å². The Labute approximate surface area is 119 Å². The summed E-state index contributed by atoms with van der Waals surface area (Å²) in [5.74, 6) is 0. The smallest absolute Gasteiger partial charge is 0.112 e. The molecule has 2 heteroatoms. The molecule has 19 heavy (non-hydrogen) atoms. The largest absolute Gasteiger partial charge is 0.314 e. The maximum Gasteiger partial charge on any atom is 0.112 e. The Morgan fingerprint density at radius 1 is 1.16 bits per heavy atom. The fraction of sp³-hybridized carbons (Fsp3) is 0.412. The fourth-order valence-corrected chi connectivity index (χ4v) is 6.04. The molecule has 0 aliphatic heterocycles. The molecular weight excluding hydrogens is 246 g/mol. The van der Waals surface area contributed by atoms with Crippen LogP contribution >= 0.6 is 0 Å². The van der Waals surface area contributed by atoms with Gasteiger partial charge in [0.2, 0.25) is 0 Å². The molecule has 2 rings (SSSR count). The molecule has 0 saturated carbocycles. The lowest BCUT2D eigenvalue weighted by molar-refractivity contribution is 0.457. The molecule has 0 radical (unpaired) electrons. The summed E-state index contributed by atoms with van der Waals surface area (Å²) in [5, 5.41) is 6.97. The summed E-state index contributed by atoms with van der Waals surface area (Å²) in [7, 11) is -1.10. The second-order valence-corrected chi connectivity index (χ2v) is 9.29. The number of nitrogens with one attached hydrogen (secondary N) is 1. The van der Waals surface area contributed by atoms with E-state index in [2.05, 4.69) is 75.5 Å². The third-order valence-corrected chi connectivity index (χ3v) is 7.01. The Morgan fingerprint density at radius 3 is 2.37 bits per heavy atom. The van der Waals surface area contributed by atoms with Gasteiger partial charge in [-0.3, -0.25) is 0 Å². The monoisotopic (exact) mass is 271 g/mol. The van der Waals surface area contributed by atoms with Crippen molar-refractivity contribution in [3.05, 3.63) is 53.3 Å². The molecule has 1 aliphatic rings. The van der Waals surface area contributed by atoms with Gasteiger partial charge in [0.05, 0.1) is 0 Å². The minimum absolute atomic E-state index is 0.195. The van der Waals surface area contributed by atoms with E-state index in [1.807, 2.05) is 0 Å². The molecule has 0 aromatic heterocycles. The van der Waals surface area contributed by atoms with Crippen LogP contribution < -0.4 is 10.5 Å². The highest BCUT2D eigenvalue weighted by Gasteiger charge is 2.23. The van der Waals surface area contributed by atoms with E-state index >= 15 is 0 Å². The number of benzene rings is 1. The standard InChI is InChI=1S/C17H25NSi/c1-14-9-8-12-16(14)19(13-18-17(2,3)4)15-10-6-5-7-11-15/h5-11,18-19H,12-13H2,1-4H3. The first kappa shape index (κ1) is 14.3. The molecule has 102 valence electrons. The molecule has 1 nitrogen and oxygen atoms in total. The van der Waals surface area contributed by atoms with Crippen molar-refractivity contribution in [3.63, 3.8) is 0 Å². The van der Waals surface area contributed by atoms with Gasteiger partial charge in [0.25, 0.3) is 0 Å². The van der Waals surface area contributed by atoms with Crippen molar-refractivity contribution in [2.75, 3.05) is 6.17 Å². The molecule has 1 atom stereocenters. The summed E-state index contributed by atoms with van der Waals surface area (Å²) < 4.78 is 0. The van der Waals surface area contributed by atoms with Crippen molar-refractivity contribution in [2.45, 2.75) is 39.7 Å². The predicted molar refractivity (Wildman–Crippen MR) is 87.4 cm³/mol. The summed E-state index contributed by atoms with van der Waals surface area (Å²) in [6.45, 7) is 9.01. The van der Waals surface area contributed by atoms with Crippen molar-refractivity contribution >= 4 is 14.0 Å². The van der Waals surface area contributed by atoms with Crippen LogP contribution in [0.3, 0.4) is 0 Å². The van der Waals surface area contributed by atoms with Crippen molar-refractivity contribution in [1.82, 2.24) is 5.32 Å². The van der Waals surface area contributed by atoms with Gasteiger partial charge in [-0.1, -0.05) is 58.4 Å². The second-order valence-electron chi connectivity index (χ2n) is 6.41. The van der Waals surface area contributed by atoms with Gasteiger partial charge in [-0.15, -0.1) is 0 Å². The molecule has 0 saturated heterocycles. The second kappa shape index (κ2) is 5.89. The summed E-state index contributed by atoms with van der Waals surface area (Å²) in [4.78, 5) is 0. The molecule has 0 spiro atoms. The van der Waals surface area contributed by atoms with Gasteiger partial charge in [0.1, 0.15) is 8.80 Å². The first-order chi connectivity index (χ1) is 8.97. The van der Waals surface area contributed by atoms with Crippen LogP contribution in [-0.2, 0) is 0 Å². The van der Waals surface area contributed by atoms with E-state index < -0.39 is 8.80 Å². The normalized spacial score (nSPS) is 17.1. The maximum absolute atomic E-state index is 3.72. The Morgan fingerprint density at radius 2 is 1.84 bits per heavy atom. The van der Waals surface area contributed by atoms with Crippen molar-refractivity contribution < 1.29 is 0 Å². The highest BCUT2D eigenvalue weighted by molar-refractivity contribution is 6.80. The fourth-order valence-electron chi connectivity index (χ4n) is 2.58. The molecule has 1 unspecified atom stereocenters. The van der Waals surface area contributed by atoms with Gasteiger partial charge in [-0.25, -0.2) is 0 Å². The zero-order valence-corrected chi connectivity index (χ0v) is 13.7. The SMILES string of the molecule is CC1=C([SiH](CNC(C)(C)C)c2ccccc2)CC=C1. The molecule has 1 aromatic rings. The number of rotatable bonds is 4. The van der Waals surface area contributed by atoms with Crippen molar-refractivity contribution in [1.29, 1.82) is 0 Å². The Kier molecular flexibility index (Phi) is 4.43. The van der Waals surface area contributed by atoms with Crippen LogP contribution in [0.2, 0.25) is 0 Å². The molecule has 0 heterocycles. The maximum atomic E-state index is 3.72. The molecule has 0 fully saturated rings. The summed E-state index contributed by atoms with van der Waals surface area (Å²) in [5.41, 5.74) is 1.69. The lowest BCUT2D eigenvalue weighted by atomic mass is 10.1. The van der Waals surface area contributed by atoms with Crippen LogP contribution in [0.4, 0.5) is 0 Å². The van der Waals surface area contributed by atoms with Crippen LogP contribution in [-0.4, -0.2) is 20.5 Å². The number of hydrogen-bond donors (Lipinski definition) is 1. The van der Waals surface area contributed by atoms with Gasteiger partial charge < -0.3 is 5.32 Å². The molecule has 1 aromatic carbocycles. The Hall–Kier alpha value is -1.12. The highest BCUT2D eigenvalue weighted by Crippen LogP contribution is 2.21. The molecule has 1 aliphatic carbocycles. The van der Waals surface area contributed by atoms with E-state index in [1.54, 1.807) is 10.4 Å². The van der Waals surface area contributed by atoms with Crippen LogP contribution in [0.15, 0.2) is 53.3 Å². The van der Waals surface area contributed by atoms with E-state index in [4.69, 9.17) is 0 Å². The quantitative estimate of drug-likeness (QED) is 0.830. The Balaban J connectivity index is 2.22. The van der Waals surface area contributed by atoms with Gasteiger partial charge in [0, 0.05) is 5.54 Å². The number of allylic oxidation sites excluding steroid dienone is 4. The van der Waals surface area contributed by atoms with Crippen LogP contribution in [0.5, 0.6) is 0 Å². The van der Waals surface area contributed by atoms with E-state index in [0.29, 0.717) is 0 Å². The lowest BCUT2D eigenvalue weighted by Gasteiger charge is -2.26. The topological polar surface area (TPSA) is 12.0 Å². The number of hydrogen-bond acceptors (Lipinski definition) is 1. The van der Waals surface area contributed by atoms with Gasteiger partial charge >= 0.3 is 0 Å². The minimum atomic E-state index is -1.10. The average molecular weight is 271 g/mol. The van der Waals surface area contributed by atoms with Gasteiger partial charge in [0.15, 0.2) is 0 Å². The third kappa shape index (κ3) is 3.92. The van der Waals surface area contributed by atoms with E-state index in [1.165, 1.54) is 5.57 Å². The summed E-state index contributed by atoms with van der Waals surface area (Å²) in [6.07, 6.45) is 6.89. The van der Waals surface area contributed by atoms with E-state index in [9.17, 15) is 0 Å². The Bertz CT molecular complexity index is 480. The molecular formula is C17H25NSi. The zero-order chi connectivity index (χ0) is 13.9. The van der Waals surface area contributed by atoms with Crippen molar-refractivity contribution in [2.24, 2.45) is 0 Å². The van der Waals surface area contributed by atoms with Gasteiger partial charge in [-0.2, -0.15) is 0 Å². The summed E-state index contributed by atoms with van der Waals surface area (Å²) in [6, 6.07) is 11.1. The molecule has 0 bridgehead atoms. The van der Waals surface area contributed by atoms with Crippen LogP contribution in [0, 0.1) is 0 Å². The lowest BCUT2D eigenvalue weighted by Crippen LogP contribution is -2.48. The minimum Gasteiger partial charge on any atom is -0.314 e. The first-order valence-corrected chi connectivity index (χ1v) is 9.10. The first-order valence-electron chi connectivity index (χ1n) is 7.13. The molecule has 1 N–H and O–H groups in total. The predicted octanol–water partition coefficient (Wildman–Crippen LogP) is 2.86. The summed E-state index contributed by atoms with van der Waals surface area (Å²) >= 11 is 0. The zero-order valence-electron chi connectivity index (χ0n) is 12.5. The van der Waals surface area contributed by atoms with Crippen LogP contribution in [0.25, 0.3) is 0 Å².